The molecule has 3 N–H and O–H groups in total. The monoisotopic (exact) mass is 706 g/mol. The number of hydrogen-bond acceptors (Lipinski definition) is 9. The van der Waals surface area contributed by atoms with E-state index in [1.54, 1.807) is 47.4 Å². The Morgan fingerprint density at radius 3 is 2.51 bits per heavy atom. The lowest BCUT2D eigenvalue weighted by atomic mass is 9.55. The number of ether oxygens (including phenoxy) is 3. The molecule has 11 heteroatoms. The van der Waals surface area contributed by atoms with Crippen molar-refractivity contribution in [3.63, 3.8) is 0 Å². The molecule has 1 aliphatic heterocycles. The first-order valence-corrected chi connectivity index (χ1v) is 17.9. The molecule has 0 aromatic heterocycles. The van der Waals surface area contributed by atoms with Crippen molar-refractivity contribution in [1.29, 1.82) is 0 Å². The summed E-state index contributed by atoms with van der Waals surface area (Å²) in [5, 5.41) is 34.8. The second kappa shape index (κ2) is 17.8. The van der Waals surface area contributed by atoms with Gasteiger partial charge in [-0.2, -0.15) is 0 Å². The Hall–Kier alpha value is -4.19. The molecule has 10 nitrogen and oxygen atoms in total. The Labute approximate surface area is 299 Å². The number of phenols is 1. The lowest BCUT2D eigenvalue weighted by Crippen LogP contribution is -2.70. The third-order valence-corrected chi connectivity index (χ3v) is 10.3. The molecule has 1 saturated carbocycles. The van der Waals surface area contributed by atoms with Crippen molar-refractivity contribution in [3.05, 3.63) is 96.4 Å². The Morgan fingerprint density at radius 2 is 1.82 bits per heavy atom. The summed E-state index contributed by atoms with van der Waals surface area (Å²) in [5.74, 6) is -1.96. The van der Waals surface area contributed by atoms with Crippen molar-refractivity contribution >= 4 is 11.8 Å². The van der Waals surface area contributed by atoms with E-state index in [-0.39, 0.29) is 62.9 Å². The van der Waals surface area contributed by atoms with Crippen LogP contribution in [0.3, 0.4) is 0 Å². The molecule has 6 unspecified atom stereocenters. The maximum absolute atomic E-state index is 14.2. The first-order chi connectivity index (χ1) is 24.8. The van der Waals surface area contributed by atoms with Gasteiger partial charge in [-0.3, -0.25) is 4.90 Å². The zero-order valence-electron chi connectivity index (χ0n) is 29.4. The van der Waals surface area contributed by atoms with Crippen LogP contribution in [-0.4, -0.2) is 77.4 Å². The predicted molar refractivity (Wildman–Crippen MR) is 192 cm³/mol. The van der Waals surface area contributed by atoms with E-state index in [1.165, 1.54) is 19.2 Å². The highest BCUT2D eigenvalue weighted by atomic mass is 19.1. The van der Waals surface area contributed by atoms with Crippen LogP contribution in [0.4, 0.5) is 9.18 Å². The maximum atomic E-state index is 14.2. The zero-order chi connectivity index (χ0) is 36.4. The van der Waals surface area contributed by atoms with Crippen LogP contribution in [0.1, 0.15) is 68.4 Å². The van der Waals surface area contributed by atoms with Gasteiger partial charge in [-0.1, -0.05) is 48.4 Å². The molecule has 5 rings (SSSR count). The van der Waals surface area contributed by atoms with Crippen LogP contribution in [0.2, 0.25) is 0 Å². The van der Waals surface area contributed by atoms with Crippen molar-refractivity contribution < 1.29 is 43.6 Å². The van der Waals surface area contributed by atoms with Gasteiger partial charge >= 0.3 is 6.09 Å². The smallest absolute Gasteiger partial charge is 0.410 e. The van der Waals surface area contributed by atoms with E-state index in [9.17, 15) is 24.5 Å². The lowest BCUT2D eigenvalue weighted by Gasteiger charge is -2.59. The van der Waals surface area contributed by atoms with E-state index in [2.05, 4.69) is 24.4 Å². The molecule has 2 aromatic carbocycles. The second-order valence-corrected chi connectivity index (χ2v) is 13.4. The van der Waals surface area contributed by atoms with Crippen LogP contribution in [0.5, 0.6) is 11.5 Å². The van der Waals surface area contributed by atoms with E-state index in [4.69, 9.17) is 19.0 Å². The number of aromatic hydroxyl groups is 1. The summed E-state index contributed by atoms with van der Waals surface area (Å²) in [6, 6.07) is 10.2. The van der Waals surface area contributed by atoms with Gasteiger partial charge in [-0.25, -0.2) is 9.18 Å². The first-order valence-electron chi connectivity index (χ1n) is 17.9. The maximum Gasteiger partial charge on any atom is 0.410 e. The van der Waals surface area contributed by atoms with E-state index >= 15 is 0 Å². The number of benzene rings is 2. The van der Waals surface area contributed by atoms with Crippen LogP contribution < -0.4 is 4.74 Å². The minimum Gasteiger partial charge on any atom is -0.508 e. The van der Waals surface area contributed by atoms with Crippen molar-refractivity contribution in [2.24, 2.45) is 22.9 Å². The topological polar surface area (TPSA) is 130 Å². The summed E-state index contributed by atoms with van der Waals surface area (Å²) in [6.45, 7) is 8.12. The summed E-state index contributed by atoms with van der Waals surface area (Å²) >= 11 is 0. The van der Waals surface area contributed by atoms with E-state index in [0.717, 1.165) is 36.8 Å². The molecular weight excluding hydrogens is 655 g/mol. The van der Waals surface area contributed by atoms with Crippen LogP contribution in [-0.2, 0) is 20.9 Å². The number of carbonyl (C=O) groups excluding carboxylic acids is 1. The van der Waals surface area contributed by atoms with Gasteiger partial charge in [0.2, 0.25) is 5.79 Å². The van der Waals surface area contributed by atoms with Gasteiger partial charge in [0, 0.05) is 37.7 Å². The summed E-state index contributed by atoms with van der Waals surface area (Å²) in [4.78, 5) is 21.3. The number of hydrogen-bond donors (Lipinski definition) is 3. The number of fused-ring (bicyclic) bond motifs is 2. The Bertz CT molecular complexity index is 1560. The molecule has 1 amide bonds. The van der Waals surface area contributed by atoms with Crippen molar-refractivity contribution in [2.45, 2.75) is 75.7 Å². The fourth-order valence-electron chi connectivity index (χ4n) is 8.17. The summed E-state index contributed by atoms with van der Waals surface area (Å²) in [6.07, 6.45) is 10.0. The molecule has 2 aliphatic carbocycles. The number of unbranched alkanes of at least 4 members (excludes halogenated alkanes) is 2. The molecule has 2 aromatic rings. The quantitative estimate of drug-likeness (QED) is 0.0858. The van der Waals surface area contributed by atoms with Gasteiger partial charge in [0.05, 0.1) is 24.8 Å². The molecule has 0 saturated heterocycles. The number of nitrogens with zero attached hydrogens (tertiary/aromatic N) is 2. The van der Waals surface area contributed by atoms with E-state index in [0.29, 0.717) is 36.3 Å². The zero-order valence-corrected chi connectivity index (χ0v) is 29.4. The number of phenolic OH excluding ortho intramolecular Hbond substituents is 1. The minimum absolute atomic E-state index is 0.0211. The highest BCUT2D eigenvalue weighted by Gasteiger charge is 2.65. The second-order valence-electron chi connectivity index (χ2n) is 13.4. The Kier molecular flexibility index (Phi) is 13.3. The SMILES string of the molecule is C=CCCOC(=O)N(Cc1ccc(F)cc1)C1CC(=NOC)C2=CC(CCCCO)C(CCCCO)C3c4cc(O)ccc4OC1(OCC=C)C23. The number of oxime groups is 1. The molecule has 276 valence electrons. The van der Waals surface area contributed by atoms with E-state index < -0.39 is 29.7 Å². The molecule has 51 heavy (non-hydrogen) atoms. The number of rotatable bonds is 18. The average molecular weight is 707 g/mol. The first kappa shape index (κ1) is 38.1. The highest BCUT2D eigenvalue weighted by Crippen LogP contribution is 2.62. The summed E-state index contributed by atoms with van der Waals surface area (Å²) in [7, 11) is 1.49. The lowest BCUT2D eigenvalue weighted by molar-refractivity contribution is -0.256. The summed E-state index contributed by atoms with van der Waals surface area (Å²) < 4.78 is 33.8. The van der Waals surface area contributed by atoms with Gasteiger partial charge in [-0.15, -0.1) is 13.2 Å². The molecular formula is C40H51FN2O8. The van der Waals surface area contributed by atoms with Crippen molar-refractivity contribution in [2.75, 3.05) is 33.5 Å². The molecule has 0 radical (unpaired) electrons. The number of allylic oxidation sites excluding steroid dienone is 1. The highest BCUT2D eigenvalue weighted by molar-refractivity contribution is 6.02. The third kappa shape index (κ3) is 8.32. The number of halogens is 1. The fourth-order valence-corrected chi connectivity index (χ4v) is 8.17. The van der Waals surface area contributed by atoms with Gasteiger partial charge in [0.15, 0.2) is 0 Å². The van der Waals surface area contributed by atoms with Gasteiger partial charge in [0.25, 0.3) is 0 Å². The standard InChI is InChI=1S/C40H51FN2O8/c1-4-6-22-49-39(47)43(26-27-13-15-29(41)16-14-27)36-25-34(42-48-3)32-23-28(11-7-9-19-44)31(12-8-10-20-45)37-33-24-30(46)17-18-35(33)51-40(36,38(32)37)50-21-5-2/h4-5,13-18,23-24,28,31,36-38,44-46H,1-2,6-12,19-22,25-26H2,3H3. The molecule has 1 heterocycles. The fraction of sp³-hybridized carbons (Fsp3) is 0.500. The molecule has 0 spiro atoms. The van der Waals surface area contributed by atoms with Crippen molar-refractivity contribution in [1.82, 2.24) is 4.90 Å². The Morgan fingerprint density at radius 1 is 1.08 bits per heavy atom. The van der Waals surface area contributed by atoms with Crippen molar-refractivity contribution in [3.8, 4) is 11.5 Å². The molecule has 0 bridgehead atoms. The van der Waals surface area contributed by atoms with Crippen LogP contribution >= 0.6 is 0 Å². The number of carbonyl (C=O) groups is 1. The van der Waals surface area contributed by atoms with Gasteiger partial charge < -0.3 is 34.4 Å². The largest absolute Gasteiger partial charge is 0.508 e. The third-order valence-electron chi connectivity index (χ3n) is 10.3. The van der Waals surface area contributed by atoms with Gasteiger partial charge in [0.1, 0.15) is 30.5 Å². The molecule has 3 aliphatic rings. The van der Waals surface area contributed by atoms with Crippen LogP contribution in [0.25, 0.3) is 0 Å². The average Bonchev–Trinajstić information content (AvgIpc) is 3.13. The Balaban J connectivity index is 1.75. The van der Waals surface area contributed by atoms with Crippen LogP contribution in [0.15, 0.2) is 84.6 Å². The molecule has 6 atom stereocenters. The predicted octanol–water partition coefficient (Wildman–Crippen LogP) is 7.01. The normalized spacial score (nSPS) is 25.5. The number of aliphatic hydroxyl groups is 2. The van der Waals surface area contributed by atoms with Crippen LogP contribution in [0, 0.1) is 23.6 Å². The van der Waals surface area contributed by atoms with E-state index in [1.807, 2.05) is 0 Å². The molecule has 1 fully saturated rings. The summed E-state index contributed by atoms with van der Waals surface area (Å²) in [5.41, 5.74) is 3.01. The number of amides is 1. The van der Waals surface area contributed by atoms with Gasteiger partial charge in [-0.05, 0) is 85.4 Å². The minimum atomic E-state index is -1.48. The number of aliphatic hydroxyl groups excluding tert-OH is 2.